The van der Waals surface area contributed by atoms with Gasteiger partial charge in [0.2, 0.25) is 4.96 Å². The number of hydrogen-bond acceptors (Lipinski definition) is 3. The third kappa shape index (κ3) is 1.46. The van der Waals surface area contributed by atoms with E-state index in [4.69, 9.17) is 0 Å². The Morgan fingerprint density at radius 2 is 2.08 bits per heavy atom. The maximum absolute atomic E-state index is 4.48. The molecule has 0 N–H and O–H groups in total. The monoisotopic (exact) mass is 195 g/mol. The molecule has 3 nitrogen and oxygen atoms in total. The first-order valence-electron chi connectivity index (χ1n) is 4.30. The highest BCUT2D eigenvalue weighted by Crippen LogP contribution is 2.26. The Morgan fingerprint density at radius 3 is 2.62 bits per heavy atom. The van der Waals surface area contributed by atoms with E-state index in [1.807, 2.05) is 17.6 Å². The SMILES string of the molecule is Cc1cn2nc(C(C)(C)C)sc2n1. The van der Waals surface area contributed by atoms with Crippen molar-refractivity contribution in [2.75, 3.05) is 0 Å². The van der Waals surface area contributed by atoms with Gasteiger partial charge in [-0.25, -0.2) is 9.50 Å². The molecule has 0 unspecified atom stereocenters. The van der Waals surface area contributed by atoms with Crippen molar-refractivity contribution >= 4 is 16.3 Å². The van der Waals surface area contributed by atoms with Crippen molar-refractivity contribution in [2.24, 2.45) is 0 Å². The zero-order chi connectivity index (χ0) is 9.64. The zero-order valence-corrected chi connectivity index (χ0v) is 9.14. The highest BCUT2D eigenvalue weighted by Gasteiger charge is 2.19. The van der Waals surface area contributed by atoms with Crippen LogP contribution in [0.3, 0.4) is 0 Å². The molecule has 0 spiro atoms. The van der Waals surface area contributed by atoms with Crippen molar-refractivity contribution in [1.82, 2.24) is 14.6 Å². The summed E-state index contributed by atoms with van der Waals surface area (Å²) in [4.78, 5) is 5.35. The molecule has 0 saturated carbocycles. The second-order valence-electron chi connectivity index (χ2n) is 4.27. The minimum absolute atomic E-state index is 0.124. The third-order valence-electron chi connectivity index (χ3n) is 1.81. The summed E-state index contributed by atoms with van der Waals surface area (Å²) in [5, 5.41) is 5.61. The van der Waals surface area contributed by atoms with Crippen LogP contribution in [0.5, 0.6) is 0 Å². The van der Waals surface area contributed by atoms with Crippen LogP contribution >= 0.6 is 11.3 Å². The molecule has 2 rings (SSSR count). The predicted octanol–water partition coefficient (Wildman–Crippen LogP) is 2.40. The molecule has 13 heavy (non-hydrogen) atoms. The Morgan fingerprint density at radius 1 is 1.38 bits per heavy atom. The Balaban J connectivity index is 2.57. The van der Waals surface area contributed by atoms with E-state index in [1.54, 1.807) is 11.3 Å². The van der Waals surface area contributed by atoms with Crippen LogP contribution in [-0.4, -0.2) is 14.6 Å². The van der Waals surface area contributed by atoms with Crippen LogP contribution < -0.4 is 0 Å². The fourth-order valence-electron chi connectivity index (χ4n) is 1.11. The van der Waals surface area contributed by atoms with Gasteiger partial charge in [-0.1, -0.05) is 32.1 Å². The lowest BCUT2D eigenvalue weighted by Crippen LogP contribution is -2.10. The Kier molecular flexibility index (Phi) is 1.70. The second-order valence-corrected chi connectivity index (χ2v) is 5.22. The maximum Gasteiger partial charge on any atom is 0.212 e. The molecule has 0 atom stereocenters. The van der Waals surface area contributed by atoms with Crippen molar-refractivity contribution in [3.8, 4) is 0 Å². The van der Waals surface area contributed by atoms with E-state index in [-0.39, 0.29) is 5.41 Å². The lowest BCUT2D eigenvalue weighted by atomic mass is 9.98. The van der Waals surface area contributed by atoms with Gasteiger partial charge in [-0.15, -0.1) is 0 Å². The largest absolute Gasteiger partial charge is 0.223 e. The van der Waals surface area contributed by atoms with Gasteiger partial charge in [0.25, 0.3) is 0 Å². The van der Waals surface area contributed by atoms with E-state index < -0.39 is 0 Å². The summed E-state index contributed by atoms with van der Waals surface area (Å²) in [7, 11) is 0. The number of fused-ring (bicyclic) bond motifs is 1. The van der Waals surface area contributed by atoms with E-state index in [0.29, 0.717) is 0 Å². The highest BCUT2D eigenvalue weighted by atomic mass is 32.1. The summed E-state index contributed by atoms with van der Waals surface area (Å²) >= 11 is 1.67. The molecule has 0 bridgehead atoms. The van der Waals surface area contributed by atoms with Gasteiger partial charge in [0, 0.05) is 5.41 Å². The van der Waals surface area contributed by atoms with Crippen LogP contribution in [0.25, 0.3) is 4.96 Å². The van der Waals surface area contributed by atoms with Crippen molar-refractivity contribution in [1.29, 1.82) is 0 Å². The Labute approximate surface area is 81.4 Å². The lowest BCUT2D eigenvalue weighted by Gasteiger charge is -2.12. The van der Waals surface area contributed by atoms with E-state index in [2.05, 4.69) is 30.9 Å². The molecule has 2 heterocycles. The van der Waals surface area contributed by atoms with Crippen molar-refractivity contribution in [3.05, 3.63) is 16.9 Å². The minimum Gasteiger partial charge on any atom is -0.223 e. The standard InChI is InChI=1S/C9H13N3S/c1-6-5-12-8(10-6)13-7(11-12)9(2,3)4/h5H,1-4H3. The average Bonchev–Trinajstić information content (AvgIpc) is 2.40. The van der Waals surface area contributed by atoms with Crippen molar-refractivity contribution < 1.29 is 0 Å². The molecule has 0 aromatic carbocycles. The van der Waals surface area contributed by atoms with Crippen LogP contribution in [-0.2, 0) is 5.41 Å². The highest BCUT2D eigenvalue weighted by molar-refractivity contribution is 7.16. The average molecular weight is 195 g/mol. The molecule has 70 valence electrons. The van der Waals surface area contributed by atoms with Crippen LogP contribution in [0, 0.1) is 6.92 Å². The summed E-state index contributed by atoms with van der Waals surface area (Å²) in [6.07, 6.45) is 1.96. The second kappa shape index (κ2) is 2.54. The molecular weight excluding hydrogens is 182 g/mol. The molecule has 0 aliphatic heterocycles. The fourth-order valence-corrected chi connectivity index (χ4v) is 2.10. The summed E-state index contributed by atoms with van der Waals surface area (Å²) in [5.74, 6) is 0. The van der Waals surface area contributed by atoms with Crippen molar-refractivity contribution in [3.63, 3.8) is 0 Å². The van der Waals surface area contributed by atoms with Gasteiger partial charge < -0.3 is 0 Å². The van der Waals surface area contributed by atoms with Crippen molar-refractivity contribution in [2.45, 2.75) is 33.1 Å². The lowest BCUT2D eigenvalue weighted by molar-refractivity contribution is 0.574. The summed E-state index contributed by atoms with van der Waals surface area (Å²) in [6.45, 7) is 8.48. The van der Waals surface area contributed by atoms with Gasteiger partial charge in [-0.05, 0) is 6.92 Å². The van der Waals surface area contributed by atoms with E-state index in [9.17, 15) is 0 Å². The van der Waals surface area contributed by atoms with E-state index in [0.717, 1.165) is 15.7 Å². The van der Waals surface area contributed by atoms with Crippen LogP contribution in [0.15, 0.2) is 6.20 Å². The van der Waals surface area contributed by atoms with Gasteiger partial charge in [0.15, 0.2) is 0 Å². The molecule has 0 fully saturated rings. The predicted molar refractivity (Wildman–Crippen MR) is 54.3 cm³/mol. The molecular formula is C9H13N3S. The minimum atomic E-state index is 0.124. The van der Waals surface area contributed by atoms with Gasteiger partial charge in [0.05, 0.1) is 11.9 Å². The summed E-state index contributed by atoms with van der Waals surface area (Å²) in [6, 6.07) is 0. The number of aryl methyl sites for hydroxylation is 1. The first-order valence-corrected chi connectivity index (χ1v) is 5.12. The van der Waals surface area contributed by atoms with Gasteiger partial charge in [0.1, 0.15) is 5.01 Å². The Hall–Kier alpha value is -0.900. The quantitative estimate of drug-likeness (QED) is 0.646. The molecule has 0 saturated heterocycles. The maximum atomic E-state index is 4.48. The first-order chi connectivity index (χ1) is 5.97. The third-order valence-corrected chi connectivity index (χ3v) is 3.15. The molecule has 0 aliphatic carbocycles. The zero-order valence-electron chi connectivity index (χ0n) is 8.33. The van der Waals surface area contributed by atoms with Crippen LogP contribution in [0.4, 0.5) is 0 Å². The smallest absolute Gasteiger partial charge is 0.212 e. The number of nitrogens with zero attached hydrogens (tertiary/aromatic N) is 3. The molecule has 0 amide bonds. The van der Waals surface area contributed by atoms with Crippen LogP contribution in [0.2, 0.25) is 0 Å². The topological polar surface area (TPSA) is 30.2 Å². The van der Waals surface area contributed by atoms with Crippen LogP contribution in [0.1, 0.15) is 31.5 Å². The normalized spacial score (nSPS) is 12.6. The summed E-state index contributed by atoms with van der Waals surface area (Å²) < 4.78 is 1.86. The Bertz CT molecular complexity index is 402. The van der Waals surface area contributed by atoms with E-state index in [1.165, 1.54) is 0 Å². The van der Waals surface area contributed by atoms with E-state index >= 15 is 0 Å². The molecule has 0 aliphatic rings. The fraction of sp³-hybridized carbons (Fsp3) is 0.556. The van der Waals surface area contributed by atoms with Gasteiger partial charge >= 0.3 is 0 Å². The van der Waals surface area contributed by atoms with Gasteiger partial charge in [-0.3, -0.25) is 0 Å². The summed E-state index contributed by atoms with van der Waals surface area (Å²) in [5.41, 5.74) is 1.15. The number of hydrogen-bond donors (Lipinski definition) is 0. The van der Waals surface area contributed by atoms with Gasteiger partial charge in [-0.2, -0.15) is 5.10 Å². The molecule has 4 heteroatoms. The number of rotatable bonds is 0. The first kappa shape index (κ1) is 8.69. The molecule has 2 aromatic rings. The molecule has 2 aromatic heterocycles. The molecule has 0 radical (unpaired) electrons. The number of imidazole rings is 1. The number of aromatic nitrogens is 3.